The molecule has 1 aromatic carbocycles. The Morgan fingerprint density at radius 1 is 1.41 bits per heavy atom. The van der Waals surface area contributed by atoms with Crippen LogP contribution >= 0.6 is 0 Å². The molecule has 0 bridgehead atoms. The Bertz CT molecular complexity index is 572. The molecule has 0 unspecified atom stereocenters. The summed E-state index contributed by atoms with van der Waals surface area (Å²) in [6.45, 7) is 3.73. The molecule has 0 spiro atoms. The molecule has 0 aliphatic rings. The van der Waals surface area contributed by atoms with Crippen LogP contribution in [0.15, 0.2) is 29.4 Å². The number of phenols is 1. The summed E-state index contributed by atoms with van der Waals surface area (Å²) in [4.78, 5) is 4.33. The maximum Gasteiger partial charge on any atom is 0.134 e. The maximum atomic E-state index is 9.30. The van der Waals surface area contributed by atoms with Crippen molar-refractivity contribution in [1.29, 1.82) is 0 Å². The van der Waals surface area contributed by atoms with Crippen molar-refractivity contribution in [3.05, 3.63) is 41.2 Å². The van der Waals surface area contributed by atoms with E-state index in [4.69, 9.17) is 5.73 Å². The number of nitrogens with one attached hydrogen (secondary N) is 1. The number of hydrogen-bond acceptors (Lipinski definition) is 3. The van der Waals surface area contributed by atoms with Gasteiger partial charge in [0.2, 0.25) is 0 Å². The molecule has 5 nitrogen and oxygen atoms in total. The summed E-state index contributed by atoms with van der Waals surface area (Å²) in [5, 5.41) is 16.0. The van der Waals surface area contributed by atoms with Gasteiger partial charge in [0.15, 0.2) is 0 Å². The summed E-state index contributed by atoms with van der Waals surface area (Å²) in [7, 11) is 0. The summed E-state index contributed by atoms with van der Waals surface area (Å²) in [5.74, 6) is 0.629. The number of rotatable bonds is 2. The molecule has 1 heterocycles. The molecule has 2 aromatic rings. The molecule has 0 aliphatic carbocycles. The van der Waals surface area contributed by atoms with Gasteiger partial charge >= 0.3 is 0 Å². The SMILES string of the molecule is Cc1cc(O)ccc1N=C(N)c1c[nH]nc1C. The quantitative estimate of drug-likeness (QED) is 0.542. The van der Waals surface area contributed by atoms with E-state index >= 15 is 0 Å². The fourth-order valence-corrected chi connectivity index (χ4v) is 1.57. The fourth-order valence-electron chi connectivity index (χ4n) is 1.57. The van der Waals surface area contributed by atoms with E-state index in [0.29, 0.717) is 5.84 Å². The third-order valence-corrected chi connectivity index (χ3v) is 2.53. The van der Waals surface area contributed by atoms with E-state index in [9.17, 15) is 5.11 Å². The zero-order chi connectivity index (χ0) is 12.4. The highest BCUT2D eigenvalue weighted by Gasteiger charge is 2.06. The number of aromatic amines is 1. The van der Waals surface area contributed by atoms with Crippen molar-refractivity contribution in [2.45, 2.75) is 13.8 Å². The third-order valence-electron chi connectivity index (χ3n) is 2.53. The Morgan fingerprint density at radius 2 is 2.18 bits per heavy atom. The lowest BCUT2D eigenvalue weighted by molar-refractivity contribution is 0.475. The van der Waals surface area contributed by atoms with E-state index in [0.717, 1.165) is 22.5 Å². The van der Waals surface area contributed by atoms with Crippen LogP contribution in [0, 0.1) is 13.8 Å². The Labute approximate surface area is 99.0 Å². The van der Waals surface area contributed by atoms with E-state index < -0.39 is 0 Å². The highest BCUT2D eigenvalue weighted by atomic mass is 16.3. The zero-order valence-corrected chi connectivity index (χ0v) is 9.73. The van der Waals surface area contributed by atoms with Gasteiger partial charge in [-0.15, -0.1) is 0 Å². The number of aliphatic imine (C=N–C) groups is 1. The van der Waals surface area contributed by atoms with Gasteiger partial charge in [0.1, 0.15) is 11.6 Å². The molecule has 4 N–H and O–H groups in total. The number of aromatic nitrogens is 2. The van der Waals surface area contributed by atoms with Crippen LogP contribution in [0.1, 0.15) is 16.8 Å². The summed E-state index contributed by atoms with van der Waals surface area (Å²) < 4.78 is 0. The number of nitrogens with two attached hydrogens (primary N) is 1. The minimum Gasteiger partial charge on any atom is -0.508 e. The van der Waals surface area contributed by atoms with E-state index in [1.165, 1.54) is 0 Å². The normalized spacial score (nSPS) is 11.8. The van der Waals surface area contributed by atoms with Gasteiger partial charge in [0.05, 0.1) is 16.9 Å². The van der Waals surface area contributed by atoms with Gasteiger partial charge in [0.25, 0.3) is 0 Å². The summed E-state index contributed by atoms with van der Waals surface area (Å²) in [6.07, 6.45) is 1.71. The topological polar surface area (TPSA) is 87.3 Å². The Kier molecular flexibility index (Phi) is 2.82. The van der Waals surface area contributed by atoms with Crippen LogP contribution in [0.2, 0.25) is 0 Å². The average molecular weight is 230 g/mol. The summed E-state index contributed by atoms with van der Waals surface area (Å²) >= 11 is 0. The first-order valence-electron chi connectivity index (χ1n) is 5.22. The van der Waals surface area contributed by atoms with Crippen molar-refractivity contribution in [3.63, 3.8) is 0 Å². The first kappa shape index (κ1) is 11.2. The van der Waals surface area contributed by atoms with Gasteiger partial charge in [-0.05, 0) is 37.6 Å². The van der Waals surface area contributed by atoms with Crippen LogP contribution in [-0.2, 0) is 0 Å². The lowest BCUT2D eigenvalue weighted by atomic mass is 10.2. The average Bonchev–Trinajstić information content (AvgIpc) is 2.68. The van der Waals surface area contributed by atoms with Gasteiger partial charge in [0, 0.05) is 6.20 Å². The lowest BCUT2D eigenvalue weighted by Crippen LogP contribution is -2.13. The summed E-state index contributed by atoms with van der Waals surface area (Å²) in [5.41, 5.74) is 9.11. The molecule has 0 fully saturated rings. The van der Waals surface area contributed by atoms with Crippen LogP contribution in [0.3, 0.4) is 0 Å². The lowest BCUT2D eigenvalue weighted by Gasteiger charge is -2.03. The number of phenolic OH excluding ortho intramolecular Hbond substituents is 1. The predicted molar refractivity (Wildman–Crippen MR) is 66.6 cm³/mol. The van der Waals surface area contributed by atoms with Gasteiger partial charge in [-0.2, -0.15) is 5.10 Å². The molecule has 1 aromatic heterocycles. The van der Waals surface area contributed by atoms with Gasteiger partial charge in [-0.1, -0.05) is 0 Å². The smallest absolute Gasteiger partial charge is 0.134 e. The highest BCUT2D eigenvalue weighted by Crippen LogP contribution is 2.23. The van der Waals surface area contributed by atoms with Crippen molar-refractivity contribution < 1.29 is 5.11 Å². The fraction of sp³-hybridized carbons (Fsp3) is 0.167. The van der Waals surface area contributed by atoms with E-state index in [2.05, 4.69) is 15.2 Å². The highest BCUT2D eigenvalue weighted by molar-refractivity contribution is 5.99. The maximum absolute atomic E-state index is 9.30. The Morgan fingerprint density at radius 3 is 2.76 bits per heavy atom. The molecule has 0 saturated carbocycles. The second-order valence-corrected chi connectivity index (χ2v) is 3.85. The van der Waals surface area contributed by atoms with Crippen LogP contribution in [0.5, 0.6) is 5.75 Å². The molecular formula is C12H14N4O. The van der Waals surface area contributed by atoms with Crippen molar-refractivity contribution in [1.82, 2.24) is 10.2 Å². The summed E-state index contributed by atoms with van der Waals surface area (Å²) in [6, 6.07) is 4.96. The Hall–Kier alpha value is -2.30. The zero-order valence-electron chi connectivity index (χ0n) is 9.73. The standard InChI is InChI=1S/C12H14N4O/c1-7-5-9(17)3-4-11(7)15-12(13)10-6-14-16-8(10)2/h3-6,17H,1-2H3,(H2,13,15)(H,14,16). The molecule has 0 aliphatic heterocycles. The number of aryl methyl sites for hydroxylation is 2. The minimum atomic E-state index is 0.222. The second kappa shape index (κ2) is 4.29. The van der Waals surface area contributed by atoms with Crippen molar-refractivity contribution in [2.75, 3.05) is 0 Å². The Balaban J connectivity index is 2.39. The van der Waals surface area contributed by atoms with Crippen LogP contribution in [0.4, 0.5) is 5.69 Å². The number of nitrogens with zero attached hydrogens (tertiary/aromatic N) is 2. The molecule has 0 amide bonds. The van der Waals surface area contributed by atoms with Crippen molar-refractivity contribution >= 4 is 11.5 Å². The number of hydrogen-bond donors (Lipinski definition) is 3. The molecular weight excluding hydrogens is 216 g/mol. The van der Waals surface area contributed by atoms with Crippen molar-refractivity contribution in [2.24, 2.45) is 10.7 Å². The molecule has 0 radical (unpaired) electrons. The van der Waals surface area contributed by atoms with Crippen LogP contribution in [-0.4, -0.2) is 21.1 Å². The molecule has 0 atom stereocenters. The first-order chi connectivity index (χ1) is 8.08. The van der Waals surface area contributed by atoms with Gasteiger partial charge in [-0.3, -0.25) is 5.10 Å². The number of H-pyrrole nitrogens is 1. The second-order valence-electron chi connectivity index (χ2n) is 3.85. The number of benzene rings is 1. The van der Waals surface area contributed by atoms with E-state index in [1.54, 1.807) is 24.4 Å². The third kappa shape index (κ3) is 2.28. The number of amidine groups is 1. The molecule has 88 valence electrons. The largest absolute Gasteiger partial charge is 0.508 e. The van der Waals surface area contributed by atoms with Crippen LogP contribution < -0.4 is 5.73 Å². The van der Waals surface area contributed by atoms with Crippen LogP contribution in [0.25, 0.3) is 0 Å². The van der Waals surface area contributed by atoms with Crippen molar-refractivity contribution in [3.8, 4) is 5.75 Å². The van der Waals surface area contributed by atoms with E-state index in [-0.39, 0.29) is 5.75 Å². The van der Waals surface area contributed by atoms with Gasteiger partial charge < -0.3 is 10.8 Å². The molecule has 17 heavy (non-hydrogen) atoms. The molecule has 2 rings (SSSR count). The molecule has 0 saturated heterocycles. The molecule has 5 heteroatoms. The monoisotopic (exact) mass is 230 g/mol. The number of aromatic hydroxyl groups is 1. The first-order valence-corrected chi connectivity index (χ1v) is 5.22. The van der Waals surface area contributed by atoms with E-state index in [1.807, 2.05) is 13.8 Å². The van der Waals surface area contributed by atoms with Gasteiger partial charge in [-0.25, -0.2) is 4.99 Å². The minimum absolute atomic E-state index is 0.222. The predicted octanol–water partition coefficient (Wildman–Crippen LogP) is 1.77.